The number of hydrogen-bond donors (Lipinski definition) is 1. The molecule has 2 heterocycles. The summed E-state index contributed by atoms with van der Waals surface area (Å²) >= 11 is 12.1. The number of carbonyl (C=O) groups is 3. The van der Waals surface area contributed by atoms with Crippen molar-refractivity contribution in [2.75, 3.05) is 4.90 Å². The second kappa shape index (κ2) is 7.93. The van der Waals surface area contributed by atoms with E-state index in [0.717, 1.165) is 34.7 Å². The molecule has 1 aromatic carbocycles. The molecule has 2 aliphatic rings. The van der Waals surface area contributed by atoms with Crippen molar-refractivity contribution in [2.24, 2.45) is 0 Å². The van der Waals surface area contributed by atoms with Crippen LogP contribution in [0.1, 0.15) is 48.7 Å². The summed E-state index contributed by atoms with van der Waals surface area (Å²) in [5, 5.41) is 2.74. The molecule has 6 nitrogen and oxygen atoms in total. The molecule has 1 aliphatic heterocycles. The molecule has 2 fully saturated rings. The number of anilines is 1. The highest BCUT2D eigenvalue weighted by atomic mass is 35.5. The maximum atomic E-state index is 13.1. The number of carbonyl (C=O) groups excluding carboxylic acids is 3. The number of halogens is 2. The summed E-state index contributed by atoms with van der Waals surface area (Å²) in [5.74, 6) is -1.45. The van der Waals surface area contributed by atoms with Gasteiger partial charge in [0, 0.05) is 22.5 Å². The first-order valence-corrected chi connectivity index (χ1v) is 10.6. The van der Waals surface area contributed by atoms with E-state index in [1.165, 1.54) is 31.0 Å². The van der Waals surface area contributed by atoms with Crippen LogP contribution in [0.3, 0.4) is 0 Å². The third kappa shape index (κ3) is 3.55. The molecule has 1 aromatic heterocycles. The first-order valence-electron chi connectivity index (χ1n) is 9.83. The van der Waals surface area contributed by atoms with Crippen molar-refractivity contribution in [3.05, 3.63) is 56.8 Å². The maximum absolute atomic E-state index is 13.1. The van der Waals surface area contributed by atoms with Crippen LogP contribution in [0, 0.1) is 13.8 Å². The smallest absolute Gasteiger partial charge is 0.335 e. The molecule has 156 valence electrons. The van der Waals surface area contributed by atoms with Crippen LogP contribution in [0.5, 0.6) is 0 Å². The fourth-order valence-electron chi connectivity index (χ4n) is 4.37. The fraction of sp³-hybridized carbons (Fsp3) is 0.318. The zero-order valence-electron chi connectivity index (χ0n) is 16.7. The third-order valence-corrected chi connectivity index (χ3v) is 6.30. The Hall–Kier alpha value is -2.57. The Morgan fingerprint density at radius 3 is 2.43 bits per heavy atom. The van der Waals surface area contributed by atoms with Crippen LogP contribution in [-0.4, -0.2) is 22.4 Å². The number of urea groups is 1. The average molecular weight is 446 g/mol. The highest BCUT2D eigenvalue weighted by molar-refractivity contribution is 6.42. The molecule has 1 saturated carbocycles. The van der Waals surface area contributed by atoms with E-state index < -0.39 is 17.8 Å². The van der Waals surface area contributed by atoms with Crippen LogP contribution in [0.4, 0.5) is 10.5 Å². The highest BCUT2D eigenvalue weighted by Gasteiger charge is 2.38. The molecular formula is C22H21Cl2N3O3. The van der Waals surface area contributed by atoms with Gasteiger partial charge in [0.05, 0.1) is 10.7 Å². The standard InChI is InChI=1S/C22H21Cl2N3O3/c1-12-9-14(13(2)26(12)16-5-3-4-6-16)10-17-20(28)25-22(30)27(21(17)29)19-8-7-15(23)11-18(19)24/h7-11,16H,3-6H2,1-2H3,(H,25,28,30)/b17-10+. The van der Waals surface area contributed by atoms with Gasteiger partial charge in [-0.25, -0.2) is 9.69 Å². The number of imide groups is 2. The largest absolute Gasteiger partial charge is 0.346 e. The highest BCUT2D eigenvalue weighted by Crippen LogP contribution is 2.35. The van der Waals surface area contributed by atoms with Crippen LogP contribution < -0.4 is 10.2 Å². The van der Waals surface area contributed by atoms with Gasteiger partial charge < -0.3 is 4.57 Å². The number of nitrogens with one attached hydrogen (secondary N) is 1. The second-order valence-electron chi connectivity index (χ2n) is 7.69. The van der Waals surface area contributed by atoms with E-state index in [0.29, 0.717) is 11.1 Å². The molecule has 0 atom stereocenters. The number of benzene rings is 1. The molecule has 8 heteroatoms. The molecular weight excluding hydrogens is 425 g/mol. The summed E-state index contributed by atoms with van der Waals surface area (Å²) in [6.45, 7) is 4.02. The Morgan fingerprint density at radius 2 is 1.77 bits per heavy atom. The van der Waals surface area contributed by atoms with Crippen LogP contribution in [-0.2, 0) is 9.59 Å². The fourth-order valence-corrected chi connectivity index (χ4v) is 4.86. The minimum atomic E-state index is -0.845. The Morgan fingerprint density at radius 1 is 1.07 bits per heavy atom. The summed E-state index contributed by atoms with van der Waals surface area (Å²) < 4.78 is 2.28. The first kappa shape index (κ1) is 20.7. The SMILES string of the molecule is Cc1cc(/C=C2\C(=O)NC(=O)N(c3ccc(Cl)cc3Cl)C2=O)c(C)n1C1CCCC1. The quantitative estimate of drug-likeness (QED) is 0.521. The normalized spacial score (nSPS) is 19.1. The molecule has 30 heavy (non-hydrogen) atoms. The molecule has 2 aromatic rings. The monoisotopic (exact) mass is 445 g/mol. The maximum Gasteiger partial charge on any atom is 0.335 e. The van der Waals surface area contributed by atoms with Crippen molar-refractivity contribution in [3.8, 4) is 0 Å². The van der Waals surface area contributed by atoms with E-state index in [2.05, 4.69) is 9.88 Å². The third-order valence-electron chi connectivity index (χ3n) is 5.77. The molecule has 0 spiro atoms. The lowest BCUT2D eigenvalue weighted by Gasteiger charge is -2.27. The molecule has 1 N–H and O–H groups in total. The summed E-state index contributed by atoms with van der Waals surface area (Å²) in [7, 11) is 0. The van der Waals surface area contributed by atoms with E-state index in [9.17, 15) is 14.4 Å². The van der Waals surface area contributed by atoms with Crippen molar-refractivity contribution in [2.45, 2.75) is 45.6 Å². The Labute approximate surface area is 184 Å². The van der Waals surface area contributed by atoms with Crippen LogP contribution in [0.2, 0.25) is 10.0 Å². The van der Waals surface area contributed by atoms with Crippen molar-refractivity contribution < 1.29 is 14.4 Å². The van der Waals surface area contributed by atoms with Gasteiger partial charge in [0.15, 0.2) is 0 Å². The van der Waals surface area contributed by atoms with Crippen molar-refractivity contribution in [1.82, 2.24) is 9.88 Å². The molecule has 0 unspecified atom stereocenters. The van der Waals surface area contributed by atoms with Gasteiger partial charge in [-0.3, -0.25) is 14.9 Å². The van der Waals surface area contributed by atoms with E-state index >= 15 is 0 Å². The molecule has 0 bridgehead atoms. The molecule has 1 saturated heterocycles. The average Bonchev–Trinajstić information content (AvgIpc) is 3.28. The van der Waals surface area contributed by atoms with E-state index in [1.807, 2.05) is 19.9 Å². The van der Waals surface area contributed by atoms with Crippen molar-refractivity contribution in [3.63, 3.8) is 0 Å². The van der Waals surface area contributed by atoms with Crippen LogP contribution in [0.15, 0.2) is 29.8 Å². The number of hydrogen-bond acceptors (Lipinski definition) is 3. The Bertz CT molecular complexity index is 1100. The van der Waals surface area contributed by atoms with Crippen molar-refractivity contribution >= 4 is 52.8 Å². The van der Waals surface area contributed by atoms with Gasteiger partial charge in [-0.2, -0.15) is 0 Å². The topological polar surface area (TPSA) is 71.4 Å². The lowest BCUT2D eigenvalue weighted by atomic mass is 10.1. The van der Waals surface area contributed by atoms with Gasteiger partial charge in [-0.1, -0.05) is 36.0 Å². The van der Waals surface area contributed by atoms with Gasteiger partial charge in [0.25, 0.3) is 11.8 Å². The number of aryl methyl sites for hydroxylation is 1. The van der Waals surface area contributed by atoms with Crippen LogP contribution in [0.25, 0.3) is 6.08 Å². The van der Waals surface area contributed by atoms with Gasteiger partial charge in [-0.15, -0.1) is 0 Å². The van der Waals surface area contributed by atoms with Crippen molar-refractivity contribution in [1.29, 1.82) is 0 Å². The Balaban J connectivity index is 1.74. The molecule has 1 aliphatic carbocycles. The zero-order chi connectivity index (χ0) is 21.6. The number of barbiturate groups is 1. The lowest BCUT2D eigenvalue weighted by Crippen LogP contribution is -2.54. The van der Waals surface area contributed by atoms with Crippen LogP contribution >= 0.6 is 23.2 Å². The molecule has 4 amide bonds. The zero-order valence-corrected chi connectivity index (χ0v) is 18.2. The number of amides is 4. The molecule has 0 radical (unpaired) electrons. The van der Waals surface area contributed by atoms with Gasteiger partial charge in [0.1, 0.15) is 5.57 Å². The van der Waals surface area contributed by atoms with E-state index in [4.69, 9.17) is 23.2 Å². The number of aromatic nitrogens is 1. The van der Waals surface area contributed by atoms with E-state index in [1.54, 1.807) is 6.08 Å². The minimum Gasteiger partial charge on any atom is -0.346 e. The van der Waals surface area contributed by atoms with Gasteiger partial charge in [0.2, 0.25) is 0 Å². The second-order valence-corrected chi connectivity index (χ2v) is 8.53. The summed E-state index contributed by atoms with van der Waals surface area (Å²) in [6.07, 6.45) is 6.22. The minimum absolute atomic E-state index is 0.118. The van der Waals surface area contributed by atoms with E-state index in [-0.39, 0.29) is 16.3 Å². The predicted octanol–water partition coefficient (Wildman–Crippen LogP) is 5.19. The Kier molecular flexibility index (Phi) is 5.47. The number of nitrogens with zero attached hydrogens (tertiary/aromatic N) is 2. The first-order chi connectivity index (χ1) is 14.3. The summed E-state index contributed by atoms with van der Waals surface area (Å²) in [4.78, 5) is 38.9. The summed E-state index contributed by atoms with van der Waals surface area (Å²) in [5.41, 5.74) is 2.92. The predicted molar refractivity (Wildman–Crippen MR) is 117 cm³/mol. The van der Waals surface area contributed by atoms with Gasteiger partial charge in [-0.05, 0) is 62.6 Å². The molecule has 4 rings (SSSR count). The summed E-state index contributed by atoms with van der Waals surface area (Å²) in [6, 6.07) is 6.01. The lowest BCUT2D eigenvalue weighted by molar-refractivity contribution is -0.122. The van der Waals surface area contributed by atoms with Gasteiger partial charge >= 0.3 is 6.03 Å². The number of rotatable bonds is 3.